The summed E-state index contributed by atoms with van der Waals surface area (Å²) < 4.78 is 7.58. The molecule has 9 heteroatoms. The maximum absolute atomic E-state index is 5.92. The summed E-state index contributed by atoms with van der Waals surface area (Å²) in [5.74, 6) is 3.16. The SMILES string of the molecule is BC(B)(C[C@@](C#C)(CC)OC)n1cnc2c(N)nc(P)nc21. The molecule has 2 atom stereocenters. The molecule has 0 aliphatic heterocycles. The number of fused-ring (bicyclic) bond motifs is 1. The quantitative estimate of drug-likeness (QED) is 0.417. The van der Waals surface area contributed by atoms with E-state index in [0.29, 0.717) is 29.0 Å². The number of ether oxygens (including phenoxy) is 1. The van der Waals surface area contributed by atoms with Crippen LogP contribution in [0.3, 0.4) is 0 Å². The summed E-state index contributed by atoms with van der Waals surface area (Å²) in [5.41, 5.74) is 7.13. The lowest BCUT2D eigenvalue weighted by Gasteiger charge is -2.36. The number of nitrogens with zero attached hydrogens (tertiary/aromatic N) is 4. The Labute approximate surface area is 134 Å². The number of hydrogen-bond acceptors (Lipinski definition) is 5. The lowest BCUT2D eigenvalue weighted by molar-refractivity contribution is 0.0217. The zero-order chi connectivity index (χ0) is 16.5. The first-order chi connectivity index (χ1) is 10.3. The molecule has 0 spiro atoms. The van der Waals surface area contributed by atoms with Crippen LogP contribution in [0.5, 0.6) is 0 Å². The third kappa shape index (κ3) is 2.84. The van der Waals surface area contributed by atoms with E-state index in [-0.39, 0.29) is 5.34 Å². The maximum Gasteiger partial charge on any atom is 0.165 e. The highest BCUT2D eigenvalue weighted by Crippen LogP contribution is 2.30. The number of nitrogen functional groups attached to an aromatic ring is 1. The van der Waals surface area contributed by atoms with Gasteiger partial charge in [-0.3, -0.25) is 0 Å². The third-order valence-corrected chi connectivity index (χ3v) is 4.29. The van der Waals surface area contributed by atoms with Gasteiger partial charge >= 0.3 is 0 Å². The summed E-state index contributed by atoms with van der Waals surface area (Å²) in [5, 5.41) is -0.342. The first-order valence-electron chi connectivity index (χ1n) is 7.08. The largest absolute Gasteiger partial charge is 0.382 e. The predicted molar refractivity (Wildman–Crippen MR) is 97.6 cm³/mol. The molecule has 0 aliphatic carbocycles. The molecule has 2 aromatic heterocycles. The fourth-order valence-electron chi connectivity index (χ4n) is 2.72. The number of aromatic nitrogens is 4. The molecule has 2 aromatic rings. The van der Waals surface area contributed by atoms with Gasteiger partial charge in [0.25, 0.3) is 0 Å². The summed E-state index contributed by atoms with van der Waals surface area (Å²) in [4.78, 5) is 12.9. The Bertz CT molecular complexity index is 736. The van der Waals surface area contributed by atoms with Crippen molar-refractivity contribution >= 4 is 47.5 Å². The Morgan fingerprint density at radius 2 is 2.18 bits per heavy atom. The van der Waals surface area contributed by atoms with Gasteiger partial charge in [0.05, 0.1) is 6.33 Å². The molecule has 2 rings (SSSR count). The molecular weight excluding hydrogens is 295 g/mol. The molecule has 0 radical (unpaired) electrons. The highest BCUT2D eigenvalue weighted by Gasteiger charge is 2.35. The predicted octanol–water partition coefficient (Wildman–Crippen LogP) is -1.40. The second-order valence-electron chi connectivity index (χ2n) is 5.94. The maximum atomic E-state index is 5.92. The molecule has 2 heterocycles. The topological polar surface area (TPSA) is 78.9 Å². The van der Waals surface area contributed by atoms with Crippen molar-refractivity contribution in [2.45, 2.75) is 30.7 Å². The van der Waals surface area contributed by atoms with Crippen molar-refractivity contribution in [1.82, 2.24) is 19.5 Å². The number of imidazole rings is 1. The van der Waals surface area contributed by atoms with Crippen molar-refractivity contribution in [2.75, 3.05) is 12.8 Å². The standard InChI is InChI=1S/C13H20B2N5OP/c1-4-12(5-2,21-3)6-13(14,15)20-7-17-8-9(16)18-11(22)19-10(8)20/h1,7H,5-6,14-15,22H2,2-3H3,(H2,16,18,19)/t12-/m1/s1. The van der Waals surface area contributed by atoms with E-state index in [1.54, 1.807) is 13.4 Å². The Morgan fingerprint density at radius 1 is 1.50 bits per heavy atom. The normalized spacial score (nSPS) is 14.6. The van der Waals surface area contributed by atoms with Crippen LogP contribution in [0.25, 0.3) is 11.2 Å². The smallest absolute Gasteiger partial charge is 0.165 e. The second-order valence-corrected chi connectivity index (χ2v) is 6.46. The Hall–Kier alpha value is -1.57. The fourth-order valence-corrected chi connectivity index (χ4v) is 2.98. The van der Waals surface area contributed by atoms with Crippen LogP contribution in [-0.4, -0.2) is 47.9 Å². The van der Waals surface area contributed by atoms with E-state index >= 15 is 0 Å². The zero-order valence-electron chi connectivity index (χ0n) is 13.4. The minimum absolute atomic E-state index is 0.342. The molecule has 0 saturated heterocycles. The molecule has 1 unspecified atom stereocenters. The van der Waals surface area contributed by atoms with Gasteiger partial charge in [0, 0.05) is 7.11 Å². The van der Waals surface area contributed by atoms with Gasteiger partial charge in [0.1, 0.15) is 32.4 Å². The van der Waals surface area contributed by atoms with Crippen LogP contribution >= 0.6 is 9.24 Å². The molecule has 114 valence electrons. The van der Waals surface area contributed by atoms with Crippen molar-refractivity contribution in [3.63, 3.8) is 0 Å². The monoisotopic (exact) mass is 315 g/mol. The highest BCUT2D eigenvalue weighted by molar-refractivity contribution is 7.26. The molecule has 22 heavy (non-hydrogen) atoms. The number of hydrogen-bond donors (Lipinski definition) is 1. The van der Waals surface area contributed by atoms with Gasteiger partial charge in [0.2, 0.25) is 0 Å². The summed E-state index contributed by atoms with van der Waals surface area (Å²) >= 11 is 0. The van der Waals surface area contributed by atoms with E-state index < -0.39 is 5.60 Å². The van der Waals surface area contributed by atoms with E-state index in [1.165, 1.54) is 0 Å². The second kappa shape index (κ2) is 5.91. The highest BCUT2D eigenvalue weighted by atomic mass is 31.0. The fraction of sp³-hybridized carbons (Fsp3) is 0.462. The van der Waals surface area contributed by atoms with Crippen molar-refractivity contribution < 1.29 is 4.74 Å². The molecule has 0 bridgehead atoms. The van der Waals surface area contributed by atoms with Crippen LogP contribution in [-0.2, 0) is 10.1 Å². The first kappa shape index (κ1) is 16.8. The van der Waals surface area contributed by atoms with E-state index in [0.717, 1.165) is 6.42 Å². The molecule has 0 saturated carbocycles. The lowest BCUT2D eigenvalue weighted by atomic mass is 9.56. The van der Waals surface area contributed by atoms with Crippen LogP contribution in [0.4, 0.5) is 5.82 Å². The van der Waals surface area contributed by atoms with Crippen LogP contribution in [0.15, 0.2) is 6.33 Å². The Morgan fingerprint density at radius 3 is 2.73 bits per heavy atom. The van der Waals surface area contributed by atoms with Crippen LogP contribution in [0.1, 0.15) is 19.8 Å². The number of methoxy groups -OCH3 is 1. The average molecular weight is 315 g/mol. The number of anilines is 1. The Kier molecular flexibility index (Phi) is 4.51. The summed E-state index contributed by atoms with van der Waals surface area (Å²) in [6, 6.07) is 0. The van der Waals surface area contributed by atoms with Gasteiger partial charge < -0.3 is 15.0 Å². The van der Waals surface area contributed by atoms with Crippen molar-refractivity contribution in [2.24, 2.45) is 0 Å². The molecular formula is C13H20B2N5OP. The average Bonchev–Trinajstić information content (AvgIpc) is 2.90. The van der Waals surface area contributed by atoms with E-state index in [9.17, 15) is 0 Å². The Balaban J connectivity index is 2.53. The van der Waals surface area contributed by atoms with Gasteiger partial charge in [-0.25, -0.2) is 15.0 Å². The van der Waals surface area contributed by atoms with Gasteiger partial charge in [-0.2, -0.15) is 0 Å². The first-order valence-corrected chi connectivity index (χ1v) is 7.66. The molecule has 6 nitrogen and oxygen atoms in total. The summed E-state index contributed by atoms with van der Waals surface area (Å²) in [7, 11) is 8.26. The van der Waals surface area contributed by atoms with Crippen molar-refractivity contribution in [3.05, 3.63) is 6.33 Å². The zero-order valence-corrected chi connectivity index (χ0v) is 14.6. The van der Waals surface area contributed by atoms with Gasteiger partial charge in [-0.05, 0) is 18.2 Å². The summed E-state index contributed by atoms with van der Waals surface area (Å²) in [6.45, 7) is 2.02. The molecule has 0 aliphatic rings. The van der Waals surface area contributed by atoms with E-state index in [1.807, 2.05) is 11.5 Å². The van der Waals surface area contributed by atoms with Gasteiger partial charge in [-0.1, -0.05) is 22.1 Å². The van der Waals surface area contributed by atoms with E-state index in [2.05, 4.69) is 45.8 Å². The van der Waals surface area contributed by atoms with Gasteiger partial charge in [0.15, 0.2) is 11.5 Å². The number of terminal acetylenes is 1. The van der Waals surface area contributed by atoms with Crippen molar-refractivity contribution in [3.8, 4) is 12.3 Å². The minimum Gasteiger partial charge on any atom is -0.382 e. The third-order valence-electron chi connectivity index (χ3n) is 4.04. The van der Waals surface area contributed by atoms with Crippen molar-refractivity contribution in [1.29, 1.82) is 0 Å². The molecule has 0 aromatic carbocycles. The number of rotatable bonds is 5. The minimum atomic E-state index is -0.623. The van der Waals surface area contributed by atoms with Crippen LogP contribution in [0, 0.1) is 12.3 Å². The lowest BCUT2D eigenvalue weighted by Crippen LogP contribution is -2.44. The summed E-state index contributed by atoms with van der Waals surface area (Å²) in [6.07, 6.45) is 8.78. The van der Waals surface area contributed by atoms with Crippen LogP contribution in [0.2, 0.25) is 0 Å². The molecule has 0 fully saturated rings. The molecule has 2 N–H and O–H groups in total. The van der Waals surface area contributed by atoms with Gasteiger partial charge in [-0.15, -0.1) is 6.42 Å². The number of nitrogens with two attached hydrogens (primary N) is 1. The van der Waals surface area contributed by atoms with E-state index in [4.69, 9.17) is 16.9 Å². The molecule has 0 amide bonds. The van der Waals surface area contributed by atoms with Crippen LogP contribution < -0.4 is 11.3 Å².